The van der Waals surface area contributed by atoms with Crippen molar-refractivity contribution in [1.82, 2.24) is 14.6 Å². The molecule has 2 aromatic heterocycles. The Kier molecular flexibility index (Phi) is 4.55. The van der Waals surface area contributed by atoms with Crippen LogP contribution in [0.1, 0.15) is 0 Å². The molecule has 5 nitrogen and oxygen atoms in total. The van der Waals surface area contributed by atoms with Crippen LogP contribution in [0.2, 0.25) is 0 Å². The molecule has 22 heavy (non-hydrogen) atoms. The highest BCUT2D eigenvalue weighted by atomic mass is 32.2. The van der Waals surface area contributed by atoms with Crippen LogP contribution in [0.3, 0.4) is 0 Å². The number of aliphatic hydroxyl groups excluding tert-OH is 1. The van der Waals surface area contributed by atoms with Gasteiger partial charge in [-0.05, 0) is 36.4 Å². The zero-order chi connectivity index (χ0) is 15.4. The van der Waals surface area contributed by atoms with Crippen LogP contribution in [-0.2, 0) is 0 Å². The van der Waals surface area contributed by atoms with Crippen molar-refractivity contribution in [2.45, 2.75) is 11.3 Å². The summed E-state index contributed by atoms with van der Waals surface area (Å²) in [5, 5.41) is 18.8. The van der Waals surface area contributed by atoms with Gasteiger partial charge >= 0.3 is 0 Å². The van der Waals surface area contributed by atoms with E-state index >= 15 is 0 Å². The number of aromatic nitrogens is 3. The van der Waals surface area contributed by atoms with Gasteiger partial charge in [0.05, 0.1) is 6.10 Å². The summed E-state index contributed by atoms with van der Waals surface area (Å²) in [6, 6.07) is 11.4. The maximum absolute atomic E-state index is 12.8. The molecule has 0 bridgehead atoms. The molecule has 7 heteroatoms. The SMILES string of the molecule is O[C@@H](COc1ccc(F)cc1)CSc1nnc2ccccn12. The maximum Gasteiger partial charge on any atom is 0.195 e. The van der Waals surface area contributed by atoms with Crippen LogP contribution in [0.25, 0.3) is 5.65 Å². The van der Waals surface area contributed by atoms with Gasteiger partial charge in [0.2, 0.25) is 0 Å². The maximum atomic E-state index is 12.8. The molecule has 1 aromatic carbocycles. The van der Waals surface area contributed by atoms with Crippen LogP contribution >= 0.6 is 11.8 Å². The van der Waals surface area contributed by atoms with E-state index in [2.05, 4.69) is 10.2 Å². The Morgan fingerprint density at radius 2 is 2.00 bits per heavy atom. The van der Waals surface area contributed by atoms with E-state index in [1.54, 1.807) is 0 Å². The van der Waals surface area contributed by atoms with Gasteiger partial charge in [0, 0.05) is 11.9 Å². The number of hydrogen-bond acceptors (Lipinski definition) is 5. The van der Waals surface area contributed by atoms with Crippen molar-refractivity contribution < 1.29 is 14.2 Å². The molecule has 1 N–H and O–H groups in total. The third-order valence-corrected chi connectivity index (χ3v) is 4.03. The van der Waals surface area contributed by atoms with E-state index in [4.69, 9.17) is 4.74 Å². The topological polar surface area (TPSA) is 59.7 Å². The lowest BCUT2D eigenvalue weighted by Gasteiger charge is -2.11. The molecule has 0 saturated carbocycles. The van der Waals surface area contributed by atoms with Crippen LogP contribution in [0, 0.1) is 5.82 Å². The first kappa shape index (κ1) is 14.8. The molecule has 0 radical (unpaired) electrons. The summed E-state index contributed by atoms with van der Waals surface area (Å²) in [6.45, 7) is 0.134. The molecule has 0 spiro atoms. The van der Waals surface area contributed by atoms with Gasteiger partial charge in [-0.3, -0.25) is 4.40 Å². The van der Waals surface area contributed by atoms with Gasteiger partial charge in [-0.25, -0.2) is 4.39 Å². The van der Waals surface area contributed by atoms with Gasteiger partial charge in [-0.15, -0.1) is 10.2 Å². The van der Waals surface area contributed by atoms with Gasteiger partial charge in [0.1, 0.15) is 18.2 Å². The summed E-state index contributed by atoms with van der Waals surface area (Å²) in [5.74, 6) is 0.636. The molecular weight excluding hydrogens is 305 g/mol. The molecule has 3 aromatic rings. The third-order valence-electron chi connectivity index (χ3n) is 2.94. The van der Waals surface area contributed by atoms with Crippen LogP contribution < -0.4 is 4.74 Å². The molecule has 0 aliphatic heterocycles. The Balaban J connectivity index is 1.52. The zero-order valence-electron chi connectivity index (χ0n) is 11.6. The van der Waals surface area contributed by atoms with Crippen LogP contribution in [0.5, 0.6) is 5.75 Å². The minimum absolute atomic E-state index is 0.134. The van der Waals surface area contributed by atoms with E-state index < -0.39 is 6.10 Å². The Morgan fingerprint density at radius 1 is 1.18 bits per heavy atom. The molecule has 1 atom stereocenters. The summed E-state index contributed by atoms with van der Waals surface area (Å²) in [4.78, 5) is 0. The quantitative estimate of drug-likeness (QED) is 0.707. The molecule has 0 saturated heterocycles. The Labute approximate surface area is 130 Å². The van der Waals surface area contributed by atoms with E-state index in [1.807, 2.05) is 28.8 Å². The summed E-state index contributed by atoms with van der Waals surface area (Å²) >= 11 is 1.40. The van der Waals surface area contributed by atoms with Crippen LogP contribution in [0.15, 0.2) is 53.8 Å². The van der Waals surface area contributed by atoms with E-state index in [1.165, 1.54) is 36.0 Å². The fourth-order valence-electron chi connectivity index (χ4n) is 1.86. The molecule has 0 aliphatic carbocycles. The predicted octanol–water partition coefficient (Wildman–Crippen LogP) is 2.40. The lowest BCUT2D eigenvalue weighted by Crippen LogP contribution is -2.20. The number of ether oxygens (including phenoxy) is 1. The van der Waals surface area contributed by atoms with Gasteiger partial charge in [-0.2, -0.15) is 0 Å². The predicted molar refractivity (Wildman–Crippen MR) is 81.6 cm³/mol. The van der Waals surface area contributed by atoms with E-state index in [0.29, 0.717) is 11.5 Å². The molecule has 2 heterocycles. The first-order chi connectivity index (χ1) is 10.7. The van der Waals surface area contributed by atoms with Gasteiger partial charge in [-0.1, -0.05) is 17.8 Å². The van der Waals surface area contributed by atoms with Crippen molar-refractivity contribution in [3.05, 3.63) is 54.5 Å². The van der Waals surface area contributed by atoms with Gasteiger partial charge in [0.25, 0.3) is 0 Å². The minimum Gasteiger partial charge on any atom is -0.491 e. The largest absolute Gasteiger partial charge is 0.491 e. The molecule has 0 unspecified atom stereocenters. The van der Waals surface area contributed by atoms with E-state index in [9.17, 15) is 9.50 Å². The van der Waals surface area contributed by atoms with Crippen molar-refractivity contribution in [3.8, 4) is 5.75 Å². The summed E-state index contributed by atoms with van der Waals surface area (Å²) in [5.41, 5.74) is 0.766. The van der Waals surface area contributed by atoms with Gasteiger partial charge < -0.3 is 9.84 Å². The monoisotopic (exact) mass is 319 g/mol. The van der Waals surface area contributed by atoms with Crippen LogP contribution in [0.4, 0.5) is 4.39 Å². The first-order valence-electron chi connectivity index (χ1n) is 6.71. The molecule has 0 fully saturated rings. The second-order valence-corrected chi connectivity index (χ2v) is 5.63. The van der Waals surface area contributed by atoms with Crippen molar-refractivity contribution in [3.63, 3.8) is 0 Å². The van der Waals surface area contributed by atoms with Crippen molar-refractivity contribution >= 4 is 17.4 Å². The number of benzene rings is 1. The molecule has 0 aliphatic rings. The molecular formula is C15H14FN3O2S. The average Bonchev–Trinajstić information content (AvgIpc) is 2.96. The number of hydrogen-bond donors (Lipinski definition) is 1. The van der Waals surface area contributed by atoms with Crippen molar-refractivity contribution in [2.24, 2.45) is 0 Å². The van der Waals surface area contributed by atoms with E-state index in [0.717, 1.165) is 10.8 Å². The smallest absolute Gasteiger partial charge is 0.195 e. The fraction of sp³-hybridized carbons (Fsp3) is 0.200. The second-order valence-electron chi connectivity index (χ2n) is 4.64. The normalized spacial score (nSPS) is 12.5. The molecule has 114 valence electrons. The highest BCUT2D eigenvalue weighted by molar-refractivity contribution is 7.99. The lowest BCUT2D eigenvalue weighted by molar-refractivity contribution is 0.126. The molecule has 3 rings (SSSR count). The summed E-state index contributed by atoms with van der Waals surface area (Å²) < 4.78 is 20.0. The second kappa shape index (κ2) is 6.76. The number of halogens is 1. The average molecular weight is 319 g/mol. The Morgan fingerprint density at radius 3 is 2.82 bits per heavy atom. The fourth-order valence-corrected chi connectivity index (χ4v) is 2.69. The van der Waals surface area contributed by atoms with Crippen molar-refractivity contribution in [2.75, 3.05) is 12.4 Å². The summed E-state index contributed by atoms with van der Waals surface area (Å²) in [6.07, 6.45) is 1.21. The first-order valence-corrected chi connectivity index (χ1v) is 7.70. The number of rotatable bonds is 6. The number of thioether (sulfide) groups is 1. The highest BCUT2D eigenvalue weighted by Gasteiger charge is 2.10. The van der Waals surface area contributed by atoms with Crippen LogP contribution in [-0.4, -0.2) is 38.2 Å². The standard InChI is InChI=1S/C15H14FN3O2S/c16-11-4-6-13(7-5-11)21-9-12(20)10-22-15-18-17-14-3-1-2-8-19(14)15/h1-8,12,20H,9-10H2/t12-/m0/s1. The summed E-state index contributed by atoms with van der Waals surface area (Å²) in [7, 11) is 0. The Hall–Kier alpha value is -2.12. The number of pyridine rings is 1. The van der Waals surface area contributed by atoms with Gasteiger partial charge in [0.15, 0.2) is 10.8 Å². The lowest BCUT2D eigenvalue weighted by atomic mass is 10.3. The Bertz CT molecular complexity index is 748. The third kappa shape index (κ3) is 3.55. The number of nitrogens with zero attached hydrogens (tertiary/aromatic N) is 3. The number of aliphatic hydroxyl groups is 1. The minimum atomic E-state index is -0.661. The highest BCUT2D eigenvalue weighted by Crippen LogP contribution is 2.18. The van der Waals surface area contributed by atoms with Crippen molar-refractivity contribution in [1.29, 1.82) is 0 Å². The number of fused-ring (bicyclic) bond motifs is 1. The van der Waals surface area contributed by atoms with E-state index in [-0.39, 0.29) is 12.4 Å². The molecule has 0 amide bonds. The zero-order valence-corrected chi connectivity index (χ0v) is 12.4.